The van der Waals surface area contributed by atoms with Crippen LogP contribution in [0.5, 0.6) is 5.75 Å². The Kier molecular flexibility index (Phi) is 5.39. The maximum Gasteiger partial charge on any atom is 0.119 e. The molecular weight excluding hydrogens is 262 g/mol. The molecule has 0 saturated carbocycles. The molecule has 0 aliphatic heterocycles. The maximum atomic E-state index is 5.31. The van der Waals surface area contributed by atoms with Gasteiger partial charge in [-0.1, -0.05) is 0 Å². The largest absolute Gasteiger partial charge is 0.497 e. The first-order chi connectivity index (χ1) is 10.1. The summed E-state index contributed by atoms with van der Waals surface area (Å²) in [6, 6.07) is 8.44. The highest BCUT2D eigenvalue weighted by molar-refractivity contribution is 5.92. The third-order valence-corrected chi connectivity index (χ3v) is 3.59. The summed E-state index contributed by atoms with van der Waals surface area (Å²) >= 11 is 0. The van der Waals surface area contributed by atoms with E-state index in [2.05, 4.69) is 36.2 Å². The quantitative estimate of drug-likeness (QED) is 0.847. The lowest BCUT2D eigenvalue weighted by atomic mass is 10.1. The van der Waals surface area contributed by atoms with Crippen LogP contribution in [0.25, 0.3) is 10.9 Å². The number of nitrogens with zero attached hydrogens (tertiary/aromatic N) is 2. The van der Waals surface area contributed by atoms with E-state index in [0.29, 0.717) is 6.04 Å². The number of fused-ring (bicyclic) bond motifs is 1. The van der Waals surface area contributed by atoms with Gasteiger partial charge in [0.05, 0.1) is 12.6 Å². The van der Waals surface area contributed by atoms with Gasteiger partial charge >= 0.3 is 0 Å². The highest BCUT2D eigenvalue weighted by atomic mass is 16.5. The Morgan fingerprint density at radius 2 is 2.10 bits per heavy atom. The number of nitrogens with one attached hydrogen (secondary N) is 1. The molecule has 2 aromatic rings. The fraction of sp³-hybridized carbons (Fsp3) is 0.471. The molecule has 0 aliphatic carbocycles. The summed E-state index contributed by atoms with van der Waals surface area (Å²) in [5.41, 5.74) is 2.11. The first kappa shape index (κ1) is 15.6. The number of pyridine rings is 1. The highest BCUT2D eigenvalue weighted by Gasteiger charge is 2.07. The minimum Gasteiger partial charge on any atom is -0.497 e. The van der Waals surface area contributed by atoms with E-state index in [9.17, 15) is 0 Å². The molecule has 1 aromatic heterocycles. The van der Waals surface area contributed by atoms with Crippen LogP contribution < -0.4 is 10.1 Å². The first-order valence-corrected chi connectivity index (χ1v) is 7.44. The molecule has 0 amide bonds. The molecule has 1 unspecified atom stereocenters. The number of anilines is 1. The Morgan fingerprint density at radius 1 is 1.29 bits per heavy atom. The predicted molar refractivity (Wildman–Crippen MR) is 89.2 cm³/mol. The van der Waals surface area contributed by atoms with Gasteiger partial charge in [-0.05, 0) is 64.7 Å². The maximum absolute atomic E-state index is 5.31. The minimum atomic E-state index is 0.432. The third-order valence-electron chi connectivity index (χ3n) is 3.59. The zero-order chi connectivity index (χ0) is 15.2. The average Bonchev–Trinajstić information content (AvgIpc) is 2.46. The smallest absolute Gasteiger partial charge is 0.119 e. The van der Waals surface area contributed by atoms with Crippen molar-refractivity contribution in [1.29, 1.82) is 0 Å². The Labute approximate surface area is 127 Å². The van der Waals surface area contributed by atoms with E-state index in [4.69, 9.17) is 4.74 Å². The van der Waals surface area contributed by atoms with Gasteiger partial charge in [-0.3, -0.25) is 4.98 Å². The summed E-state index contributed by atoms with van der Waals surface area (Å²) in [6.45, 7) is 3.35. The Hall–Kier alpha value is -1.81. The first-order valence-electron chi connectivity index (χ1n) is 7.44. The van der Waals surface area contributed by atoms with E-state index in [-0.39, 0.29) is 0 Å². The van der Waals surface area contributed by atoms with Crippen molar-refractivity contribution in [3.05, 3.63) is 30.5 Å². The number of hydrogen-bond donors (Lipinski definition) is 1. The molecule has 4 nitrogen and oxygen atoms in total. The molecule has 0 saturated heterocycles. The lowest BCUT2D eigenvalue weighted by Crippen LogP contribution is -2.19. The van der Waals surface area contributed by atoms with E-state index >= 15 is 0 Å². The number of methoxy groups -OCH3 is 1. The minimum absolute atomic E-state index is 0.432. The van der Waals surface area contributed by atoms with E-state index < -0.39 is 0 Å². The molecular formula is C17H25N3O. The van der Waals surface area contributed by atoms with Gasteiger partial charge in [-0.2, -0.15) is 0 Å². The molecule has 1 atom stereocenters. The Balaban J connectivity index is 2.10. The van der Waals surface area contributed by atoms with Gasteiger partial charge in [0, 0.05) is 23.3 Å². The molecule has 1 N–H and O–H groups in total. The monoisotopic (exact) mass is 287 g/mol. The van der Waals surface area contributed by atoms with Gasteiger partial charge in [0.2, 0.25) is 0 Å². The Morgan fingerprint density at radius 3 is 2.81 bits per heavy atom. The van der Waals surface area contributed by atoms with E-state index in [1.165, 1.54) is 6.42 Å². The molecule has 0 fully saturated rings. The van der Waals surface area contributed by atoms with E-state index in [1.54, 1.807) is 7.11 Å². The molecule has 0 bridgehead atoms. The van der Waals surface area contributed by atoms with Crippen LogP contribution in [0.3, 0.4) is 0 Å². The molecule has 0 spiro atoms. The number of aromatic nitrogens is 1. The van der Waals surface area contributed by atoms with Crippen molar-refractivity contribution in [3.63, 3.8) is 0 Å². The summed E-state index contributed by atoms with van der Waals surface area (Å²) in [4.78, 5) is 6.63. The normalized spacial score (nSPS) is 12.6. The molecule has 1 heterocycles. The lowest BCUT2D eigenvalue weighted by Gasteiger charge is -2.18. The Bertz CT molecular complexity index is 583. The van der Waals surface area contributed by atoms with Gasteiger partial charge < -0.3 is 15.0 Å². The van der Waals surface area contributed by atoms with Crippen LogP contribution in [0.1, 0.15) is 19.8 Å². The zero-order valence-electron chi connectivity index (χ0n) is 13.4. The second-order valence-electron chi connectivity index (χ2n) is 5.73. The molecule has 2 rings (SSSR count). The second kappa shape index (κ2) is 7.27. The summed E-state index contributed by atoms with van der Waals surface area (Å²) in [5, 5.41) is 4.70. The van der Waals surface area contributed by atoms with Crippen molar-refractivity contribution in [3.8, 4) is 5.75 Å². The van der Waals surface area contributed by atoms with Crippen LogP contribution in [-0.2, 0) is 0 Å². The fourth-order valence-corrected chi connectivity index (χ4v) is 2.43. The predicted octanol–water partition coefficient (Wildman–Crippen LogP) is 3.39. The van der Waals surface area contributed by atoms with Gasteiger partial charge in [0.25, 0.3) is 0 Å². The third kappa shape index (κ3) is 4.33. The van der Waals surface area contributed by atoms with Crippen LogP contribution in [-0.4, -0.2) is 43.7 Å². The van der Waals surface area contributed by atoms with Crippen LogP contribution in [0.2, 0.25) is 0 Å². The molecule has 114 valence electrons. The molecule has 0 aliphatic rings. The standard InChI is InChI=1S/C17H25N3O/c1-13(6-5-11-20(2)3)19-17-9-10-18-16-8-7-14(21-4)12-15(16)17/h7-10,12-13H,5-6,11H2,1-4H3,(H,18,19). The van der Waals surface area contributed by atoms with Crippen molar-refractivity contribution in [2.24, 2.45) is 0 Å². The summed E-state index contributed by atoms with van der Waals surface area (Å²) in [6.07, 6.45) is 4.18. The van der Waals surface area contributed by atoms with Crippen molar-refractivity contribution in [1.82, 2.24) is 9.88 Å². The van der Waals surface area contributed by atoms with Crippen LogP contribution in [0.4, 0.5) is 5.69 Å². The summed E-state index contributed by atoms with van der Waals surface area (Å²) < 4.78 is 5.31. The van der Waals surface area contributed by atoms with Gasteiger partial charge in [-0.15, -0.1) is 0 Å². The van der Waals surface area contributed by atoms with Gasteiger partial charge in [-0.25, -0.2) is 0 Å². The van der Waals surface area contributed by atoms with Crippen molar-refractivity contribution in [2.75, 3.05) is 33.1 Å². The topological polar surface area (TPSA) is 37.4 Å². The fourth-order valence-electron chi connectivity index (χ4n) is 2.43. The van der Waals surface area contributed by atoms with Crippen LogP contribution in [0, 0.1) is 0 Å². The van der Waals surface area contributed by atoms with E-state index in [0.717, 1.165) is 35.3 Å². The average molecular weight is 287 g/mol. The highest BCUT2D eigenvalue weighted by Crippen LogP contribution is 2.26. The lowest BCUT2D eigenvalue weighted by molar-refractivity contribution is 0.390. The van der Waals surface area contributed by atoms with Crippen molar-refractivity contribution < 1.29 is 4.74 Å². The number of hydrogen-bond acceptors (Lipinski definition) is 4. The van der Waals surface area contributed by atoms with Crippen LogP contribution in [0.15, 0.2) is 30.5 Å². The van der Waals surface area contributed by atoms with Crippen molar-refractivity contribution in [2.45, 2.75) is 25.8 Å². The second-order valence-corrected chi connectivity index (χ2v) is 5.73. The molecule has 1 aromatic carbocycles. The van der Waals surface area contributed by atoms with Gasteiger partial charge in [0.15, 0.2) is 0 Å². The molecule has 4 heteroatoms. The van der Waals surface area contributed by atoms with Crippen LogP contribution >= 0.6 is 0 Å². The molecule has 21 heavy (non-hydrogen) atoms. The summed E-state index contributed by atoms with van der Waals surface area (Å²) in [7, 11) is 5.91. The number of benzene rings is 1. The zero-order valence-corrected chi connectivity index (χ0v) is 13.4. The summed E-state index contributed by atoms with van der Waals surface area (Å²) in [5.74, 6) is 0.860. The SMILES string of the molecule is COc1ccc2nccc(NC(C)CCCN(C)C)c2c1. The molecule has 0 radical (unpaired) electrons. The number of rotatable bonds is 7. The van der Waals surface area contributed by atoms with Gasteiger partial charge in [0.1, 0.15) is 5.75 Å². The number of ether oxygens (including phenoxy) is 1. The van der Waals surface area contributed by atoms with Crippen molar-refractivity contribution >= 4 is 16.6 Å². The van der Waals surface area contributed by atoms with E-state index in [1.807, 2.05) is 30.5 Å².